The summed E-state index contributed by atoms with van der Waals surface area (Å²) in [5.74, 6) is 1.03. The van der Waals surface area contributed by atoms with Crippen molar-refractivity contribution >= 4 is 34.8 Å². The van der Waals surface area contributed by atoms with Gasteiger partial charge < -0.3 is 15.0 Å². The fraction of sp³-hybridized carbons (Fsp3) is 0.400. The smallest absolute Gasteiger partial charge is 0.257 e. The zero-order chi connectivity index (χ0) is 22.9. The molecular weight excluding hydrogens is 422 g/mol. The number of thiocarbonyl (C=S) groups is 1. The van der Waals surface area contributed by atoms with Crippen molar-refractivity contribution in [3.05, 3.63) is 59.7 Å². The van der Waals surface area contributed by atoms with Crippen molar-refractivity contribution in [3.63, 3.8) is 0 Å². The minimum atomic E-state index is -0.309. The number of nitrogens with one attached hydrogen (secondary N) is 2. The standard InChI is InChI=1S/C25H31N3O3S/c1-18(2)13-16-31-22-11-9-19(10-12-22)23(29)27-25(32)26-21-8-6-7-20(17-21)24(30)28-14-4-3-5-15-28/h6-12,17-18H,3-5,13-16H2,1-2H3,(H2,26,27,29,32). The van der Waals surface area contributed by atoms with E-state index in [1.165, 1.54) is 6.42 Å². The van der Waals surface area contributed by atoms with Crippen LogP contribution in [0.1, 0.15) is 60.2 Å². The number of carbonyl (C=O) groups excluding carboxylic acids is 2. The molecule has 0 atom stereocenters. The molecule has 1 aliphatic rings. The number of piperidine rings is 1. The summed E-state index contributed by atoms with van der Waals surface area (Å²) < 4.78 is 5.69. The minimum Gasteiger partial charge on any atom is -0.494 e. The first kappa shape index (κ1) is 23.7. The molecule has 1 fully saturated rings. The van der Waals surface area contributed by atoms with Crippen molar-refractivity contribution in [2.45, 2.75) is 39.5 Å². The van der Waals surface area contributed by atoms with E-state index >= 15 is 0 Å². The van der Waals surface area contributed by atoms with Crippen LogP contribution >= 0.6 is 12.2 Å². The maximum atomic E-state index is 12.7. The highest BCUT2D eigenvalue weighted by Crippen LogP contribution is 2.17. The van der Waals surface area contributed by atoms with Crippen LogP contribution in [0.5, 0.6) is 5.75 Å². The van der Waals surface area contributed by atoms with E-state index in [9.17, 15) is 9.59 Å². The third-order valence-corrected chi connectivity index (χ3v) is 5.52. The Kier molecular flexibility index (Phi) is 8.62. The maximum Gasteiger partial charge on any atom is 0.257 e. The molecule has 1 aliphatic heterocycles. The topological polar surface area (TPSA) is 70.7 Å². The van der Waals surface area contributed by atoms with Gasteiger partial charge in [-0.15, -0.1) is 0 Å². The van der Waals surface area contributed by atoms with E-state index in [2.05, 4.69) is 24.5 Å². The van der Waals surface area contributed by atoms with Crippen molar-refractivity contribution in [1.82, 2.24) is 10.2 Å². The molecule has 6 nitrogen and oxygen atoms in total. The van der Waals surface area contributed by atoms with Crippen molar-refractivity contribution in [3.8, 4) is 5.75 Å². The normalized spacial score (nSPS) is 13.5. The van der Waals surface area contributed by atoms with Gasteiger partial charge in [-0.3, -0.25) is 14.9 Å². The summed E-state index contributed by atoms with van der Waals surface area (Å²) in [6, 6.07) is 14.2. The summed E-state index contributed by atoms with van der Waals surface area (Å²) in [5.41, 5.74) is 1.76. The van der Waals surface area contributed by atoms with Crippen LogP contribution in [0.25, 0.3) is 0 Å². The summed E-state index contributed by atoms with van der Waals surface area (Å²) in [6.07, 6.45) is 4.25. The summed E-state index contributed by atoms with van der Waals surface area (Å²) in [5, 5.41) is 5.85. The lowest BCUT2D eigenvalue weighted by Gasteiger charge is -2.26. The van der Waals surface area contributed by atoms with Gasteiger partial charge in [0.05, 0.1) is 6.61 Å². The number of ether oxygens (including phenoxy) is 1. The van der Waals surface area contributed by atoms with Gasteiger partial charge in [-0.05, 0) is 86.3 Å². The van der Waals surface area contributed by atoms with E-state index in [-0.39, 0.29) is 16.9 Å². The Hall–Kier alpha value is -2.93. The second-order valence-electron chi connectivity index (χ2n) is 8.40. The predicted octanol–water partition coefficient (Wildman–Crippen LogP) is 4.86. The number of anilines is 1. The molecule has 0 bridgehead atoms. The van der Waals surface area contributed by atoms with Crippen molar-refractivity contribution < 1.29 is 14.3 Å². The van der Waals surface area contributed by atoms with Gasteiger partial charge in [0, 0.05) is 29.9 Å². The van der Waals surface area contributed by atoms with E-state index in [0.29, 0.717) is 29.3 Å². The van der Waals surface area contributed by atoms with Crippen LogP contribution < -0.4 is 15.4 Å². The largest absolute Gasteiger partial charge is 0.494 e. The van der Waals surface area contributed by atoms with Crippen LogP contribution in [0.15, 0.2) is 48.5 Å². The predicted molar refractivity (Wildman–Crippen MR) is 131 cm³/mol. The van der Waals surface area contributed by atoms with Crippen LogP contribution in [0.2, 0.25) is 0 Å². The molecule has 0 saturated carbocycles. The monoisotopic (exact) mass is 453 g/mol. The molecule has 1 heterocycles. The number of hydrogen-bond acceptors (Lipinski definition) is 4. The molecule has 2 N–H and O–H groups in total. The Morgan fingerprint density at radius 3 is 2.44 bits per heavy atom. The second-order valence-corrected chi connectivity index (χ2v) is 8.81. The summed E-state index contributed by atoms with van der Waals surface area (Å²) in [6.45, 7) is 6.54. The molecule has 2 aromatic carbocycles. The van der Waals surface area contributed by atoms with Crippen LogP contribution in [0, 0.1) is 5.92 Å². The highest BCUT2D eigenvalue weighted by atomic mass is 32.1. The van der Waals surface area contributed by atoms with Gasteiger partial charge in [-0.25, -0.2) is 0 Å². The van der Waals surface area contributed by atoms with Gasteiger partial charge in [-0.1, -0.05) is 19.9 Å². The molecule has 0 unspecified atom stereocenters. The van der Waals surface area contributed by atoms with E-state index in [1.807, 2.05) is 17.0 Å². The molecule has 1 saturated heterocycles. The number of carbonyl (C=O) groups is 2. The van der Waals surface area contributed by atoms with Gasteiger partial charge in [-0.2, -0.15) is 0 Å². The van der Waals surface area contributed by atoms with Crippen LogP contribution in [-0.4, -0.2) is 41.5 Å². The molecule has 0 aromatic heterocycles. The zero-order valence-corrected chi connectivity index (χ0v) is 19.5. The molecule has 3 rings (SSSR count). The van der Waals surface area contributed by atoms with Crippen LogP contribution in [0.3, 0.4) is 0 Å². The molecule has 0 spiro atoms. The molecule has 32 heavy (non-hydrogen) atoms. The van der Waals surface area contributed by atoms with Crippen molar-refractivity contribution in [1.29, 1.82) is 0 Å². The molecule has 2 aromatic rings. The number of amides is 2. The Balaban J connectivity index is 1.52. The highest BCUT2D eigenvalue weighted by molar-refractivity contribution is 7.80. The van der Waals surface area contributed by atoms with Gasteiger partial charge in [0.25, 0.3) is 11.8 Å². The second kappa shape index (κ2) is 11.6. The van der Waals surface area contributed by atoms with E-state index in [1.54, 1.807) is 36.4 Å². The first-order chi connectivity index (χ1) is 15.4. The molecular formula is C25H31N3O3S. The number of nitrogens with zero attached hydrogens (tertiary/aromatic N) is 1. The van der Waals surface area contributed by atoms with Crippen molar-refractivity contribution in [2.75, 3.05) is 25.0 Å². The number of benzene rings is 2. The Morgan fingerprint density at radius 1 is 1.03 bits per heavy atom. The summed E-state index contributed by atoms with van der Waals surface area (Å²) in [4.78, 5) is 27.1. The molecule has 2 amide bonds. The lowest BCUT2D eigenvalue weighted by atomic mass is 10.1. The lowest BCUT2D eigenvalue weighted by Crippen LogP contribution is -2.36. The molecule has 170 valence electrons. The average Bonchev–Trinajstić information content (AvgIpc) is 2.79. The highest BCUT2D eigenvalue weighted by Gasteiger charge is 2.18. The Bertz CT molecular complexity index is 938. The number of likely N-dealkylation sites (tertiary alicyclic amines) is 1. The Morgan fingerprint density at radius 2 is 1.75 bits per heavy atom. The molecule has 0 radical (unpaired) electrons. The third-order valence-electron chi connectivity index (χ3n) is 5.32. The van der Waals surface area contributed by atoms with Gasteiger partial charge in [0.1, 0.15) is 5.75 Å². The summed E-state index contributed by atoms with van der Waals surface area (Å²) in [7, 11) is 0. The zero-order valence-electron chi connectivity index (χ0n) is 18.7. The average molecular weight is 454 g/mol. The number of hydrogen-bond donors (Lipinski definition) is 2. The third kappa shape index (κ3) is 7.05. The van der Waals surface area contributed by atoms with E-state index in [0.717, 1.165) is 38.1 Å². The molecule has 7 heteroatoms. The Labute approximate surface area is 195 Å². The maximum absolute atomic E-state index is 12.7. The van der Waals surface area contributed by atoms with Gasteiger partial charge >= 0.3 is 0 Å². The SMILES string of the molecule is CC(C)CCOc1ccc(C(=O)NC(=S)Nc2cccc(C(=O)N3CCCCC3)c2)cc1. The quantitative estimate of drug-likeness (QED) is 0.586. The van der Waals surface area contributed by atoms with E-state index in [4.69, 9.17) is 17.0 Å². The molecule has 0 aliphatic carbocycles. The minimum absolute atomic E-state index is 0.0269. The van der Waals surface area contributed by atoms with Crippen LogP contribution in [-0.2, 0) is 0 Å². The van der Waals surface area contributed by atoms with Gasteiger partial charge in [0.15, 0.2) is 5.11 Å². The lowest BCUT2D eigenvalue weighted by molar-refractivity contribution is 0.0724. The summed E-state index contributed by atoms with van der Waals surface area (Å²) >= 11 is 5.29. The van der Waals surface area contributed by atoms with Gasteiger partial charge in [0.2, 0.25) is 0 Å². The fourth-order valence-corrected chi connectivity index (χ4v) is 3.67. The van der Waals surface area contributed by atoms with Crippen LogP contribution in [0.4, 0.5) is 5.69 Å². The number of rotatable bonds is 7. The first-order valence-corrected chi connectivity index (χ1v) is 11.6. The fourth-order valence-electron chi connectivity index (χ4n) is 3.46. The first-order valence-electron chi connectivity index (χ1n) is 11.2. The van der Waals surface area contributed by atoms with Crippen molar-refractivity contribution in [2.24, 2.45) is 5.92 Å². The van der Waals surface area contributed by atoms with E-state index < -0.39 is 0 Å².